The van der Waals surface area contributed by atoms with Crippen LogP contribution in [0.3, 0.4) is 0 Å². The fraction of sp³-hybridized carbons (Fsp3) is 0.941. The van der Waals surface area contributed by atoms with Gasteiger partial charge in [0.25, 0.3) is 0 Å². The second-order valence-corrected chi connectivity index (χ2v) is 6.79. The number of hydrogen-bond donors (Lipinski definition) is 1. The SMILES string of the molecule is CCC(C)(C)OCC(CC)(COC(C)(CC)CC)C(=O)O. The third-order valence-corrected chi connectivity index (χ3v) is 4.91. The molecule has 0 spiro atoms. The molecular weight excluding hydrogens is 268 g/mol. The molecule has 0 saturated heterocycles. The monoisotopic (exact) mass is 302 g/mol. The van der Waals surface area contributed by atoms with Crippen molar-refractivity contribution >= 4 is 5.97 Å². The summed E-state index contributed by atoms with van der Waals surface area (Å²) in [6.45, 7) is 14.4. The predicted octanol–water partition coefficient (Wildman–Crippen LogP) is 4.27. The van der Waals surface area contributed by atoms with E-state index in [9.17, 15) is 9.90 Å². The van der Waals surface area contributed by atoms with Crippen molar-refractivity contribution in [3.63, 3.8) is 0 Å². The minimum Gasteiger partial charge on any atom is -0.481 e. The smallest absolute Gasteiger partial charge is 0.314 e. The van der Waals surface area contributed by atoms with Gasteiger partial charge in [-0.05, 0) is 46.5 Å². The number of carboxylic acids is 1. The molecule has 0 radical (unpaired) electrons. The highest BCUT2D eigenvalue weighted by Crippen LogP contribution is 2.30. The largest absolute Gasteiger partial charge is 0.481 e. The summed E-state index contributed by atoms with van der Waals surface area (Å²) in [7, 11) is 0. The molecular formula is C17H34O4. The van der Waals surface area contributed by atoms with E-state index in [1.54, 1.807) is 0 Å². The molecule has 4 heteroatoms. The van der Waals surface area contributed by atoms with Gasteiger partial charge in [0.05, 0.1) is 24.4 Å². The van der Waals surface area contributed by atoms with Gasteiger partial charge in [-0.1, -0.05) is 27.7 Å². The van der Waals surface area contributed by atoms with Crippen LogP contribution in [0.15, 0.2) is 0 Å². The molecule has 1 atom stereocenters. The number of carboxylic acid groups (broad SMARTS) is 1. The van der Waals surface area contributed by atoms with Gasteiger partial charge < -0.3 is 14.6 Å². The van der Waals surface area contributed by atoms with E-state index >= 15 is 0 Å². The Balaban J connectivity index is 4.97. The van der Waals surface area contributed by atoms with Crippen molar-refractivity contribution in [2.24, 2.45) is 5.41 Å². The first-order chi connectivity index (χ1) is 9.60. The Labute approximate surface area is 130 Å². The molecule has 0 aliphatic heterocycles. The first-order valence-electron chi connectivity index (χ1n) is 8.11. The second kappa shape index (κ2) is 8.14. The average molecular weight is 302 g/mol. The van der Waals surface area contributed by atoms with Gasteiger partial charge in [-0.2, -0.15) is 0 Å². The van der Waals surface area contributed by atoms with Gasteiger partial charge in [-0.15, -0.1) is 0 Å². The number of hydrogen-bond acceptors (Lipinski definition) is 3. The van der Waals surface area contributed by atoms with Gasteiger partial charge in [0.1, 0.15) is 5.41 Å². The Kier molecular flexibility index (Phi) is 7.90. The van der Waals surface area contributed by atoms with Gasteiger partial charge >= 0.3 is 5.97 Å². The maximum atomic E-state index is 11.8. The van der Waals surface area contributed by atoms with Gasteiger partial charge in [-0.3, -0.25) is 4.79 Å². The van der Waals surface area contributed by atoms with Crippen LogP contribution in [0.4, 0.5) is 0 Å². The maximum absolute atomic E-state index is 11.8. The summed E-state index contributed by atoms with van der Waals surface area (Å²) < 4.78 is 11.9. The molecule has 0 rings (SSSR count). The lowest BCUT2D eigenvalue weighted by Gasteiger charge is -2.36. The van der Waals surface area contributed by atoms with Crippen molar-refractivity contribution in [3.8, 4) is 0 Å². The van der Waals surface area contributed by atoms with Crippen molar-refractivity contribution < 1.29 is 19.4 Å². The third kappa shape index (κ3) is 5.95. The van der Waals surface area contributed by atoms with Crippen LogP contribution >= 0.6 is 0 Å². The summed E-state index contributed by atoms with van der Waals surface area (Å²) in [5.41, 5.74) is -1.55. The first-order valence-corrected chi connectivity index (χ1v) is 8.11. The Morgan fingerprint density at radius 2 is 1.33 bits per heavy atom. The summed E-state index contributed by atoms with van der Waals surface area (Å²) in [6.07, 6.45) is 3.06. The molecule has 0 fully saturated rings. The lowest BCUT2D eigenvalue weighted by Crippen LogP contribution is -2.45. The Morgan fingerprint density at radius 3 is 1.67 bits per heavy atom. The average Bonchev–Trinajstić information content (AvgIpc) is 2.47. The fourth-order valence-electron chi connectivity index (χ4n) is 1.72. The molecule has 0 amide bonds. The lowest BCUT2D eigenvalue weighted by molar-refractivity contribution is -0.172. The van der Waals surface area contributed by atoms with E-state index < -0.39 is 11.4 Å². The van der Waals surface area contributed by atoms with Crippen molar-refractivity contribution in [2.45, 2.75) is 85.4 Å². The van der Waals surface area contributed by atoms with E-state index in [4.69, 9.17) is 9.47 Å². The van der Waals surface area contributed by atoms with Crippen molar-refractivity contribution in [1.82, 2.24) is 0 Å². The predicted molar refractivity (Wildman–Crippen MR) is 85.6 cm³/mol. The van der Waals surface area contributed by atoms with E-state index in [1.807, 2.05) is 34.6 Å². The molecule has 1 N–H and O–H groups in total. The highest BCUT2D eigenvalue weighted by Gasteiger charge is 2.41. The van der Waals surface area contributed by atoms with Crippen LogP contribution in [0.25, 0.3) is 0 Å². The van der Waals surface area contributed by atoms with Crippen LogP contribution in [-0.2, 0) is 14.3 Å². The zero-order valence-electron chi connectivity index (χ0n) is 14.9. The summed E-state index contributed by atoms with van der Waals surface area (Å²) in [4.78, 5) is 11.8. The van der Waals surface area contributed by atoms with E-state index in [2.05, 4.69) is 13.8 Å². The first kappa shape index (κ1) is 20.4. The highest BCUT2D eigenvalue weighted by molar-refractivity contribution is 5.75. The van der Waals surface area contributed by atoms with E-state index in [0.717, 1.165) is 19.3 Å². The van der Waals surface area contributed by atoms with E-state index in [-0.39, 0.29) is 24.4 Å². The van der Waals surface area contributed by atoms with Crippen LogP contribution in [-0.4, -0.2) is 35.5 Å². The summed E-state index contributed by atoms with van der Waals surface area (Å²) in [6, 6.07) is 0. The number of rotatable bonds is 11. The van der Waals surface area contributed by atoms with Crippen LogP contribution < -0.4 is 0 Å². The van der Waals surface area contributed by atoms with Crippen LogP contribution in [0.1, 0.15) is 74.1 Å². The summed E-state index contributed by atoms with van der Waals surface area (Å²) >= 11 is 0. The highest BCUT2D eigenvalue weighted by atomic mass is 16.5. The fourth-order valence-corrected chi connectivity index (χ4v) is 1.72. The second-order valence-electron chi connectivity index (χ2n) is 6.79. The zero-order valence-corrected chi connectivity index (χ0v) is 14.9. The topological polar surface area (TPSA) is 55.8 Å². The number of carbonyl (C=O) groups is 1. The lowest BCUT2D eigenvalue weighted by atomic mass is 9.86. The van der Waals surface area contributed by atoms with Gasteiger partial charge in [-0.25, -0.2) is 0 Å². The van der Waals surface area contributed by atoms with Crippen molar-refractivity contribution in [3.05, 3.63) is 0 Å². The third-order valence-electron chi connectivity index (χ3n) is 4.91. The Morgan fingerprint density at radius 1 is 0.857 bits per heavy atom. The minimum absolute atomic E-state index is 0.184. The Bertz CT molecular complexity index is 321. The standard InChI is InChI=1S/C17H34O4/c1-8-15(5,6)20-12-17(11-4,14(18)19)13-21-16(7,9-2)10-3/h8-13H2,1-7H3,(H,18,19). The van der Waals surface area contributed by atoms with Gasteiger partial charge in [0.15, 0.2) is 0 Å². The number of aliphatic carboxylic acids is 1. The molecule has 0 aromatic rings. The molecule has 0 aromatic carbocycles. The maximum Gasteiger partial charge on any atom is 0.314 e. The summed E-state index contributed by atoms with van der Waals surface area (Å²) in [5, 5.41) is 9.68. The quantitative estimate of drug-likeness (QED) is 0.619. The molecule has 1 unspecified atom stereocenters. The van der Waals surface area contributed by atoms with Gasteiger partial charge in [0, 0.05) is 0 Å². The Hall–Kier alpha value is -0.610. The molecule has 0 aliphatic carbocycles. The van der Waals surface area contributed by atoms with Crippen LogP contribution in [0, 0.1) is 5.41 Å². The zero-order chi connectivity index (χ0) is 16.7. The normalized spacial score (nSPS) is 15.8. The molecule has 21 heavy (non-hydrogen) atoms. The molecule has 0 saturated carbocycles. The molecule has 0 heterocycles. The molecule has 126 valence electrons. The van der Waals surface area contributed by atoms with E-state index in [1.165, 1.54) is 0 Å². The molecule has 0 bridgehead atoms. The number of ether oxygens (including phenoxy) is 2. The van der Waals surface area contributed by atoms with E-state index in [0.29, 0.717) is 6.42 Å². The van der Waals surface area contributed by atoms with Crippen LogP contribution in [0.5, 0.6) is 0 Å². The molecule has 4 nitrogen and oxygen atoms in total. The summed E-state index contributed by atoms with van der Waals surface area (Å²) in [5.74, 6) is -0.841. The minimum atomic E-state index is -0.974. The van der Waals surface area contributed by atoms with Crippen molar-refractivity contribution in [1.29, 1.82) is 0 Å². The van der Waals surface area contributed by atoms with Crippen molar-refractivity contribution in [2.75, 3.05) is 13.2 Å². The molecule has 0 aromatic heterocycles. The van der Waals surface area contributed by atoms with Crippen LogP contribution in [0.2, 0.25) is 0 Å². The van der Waals surface area contributed by atoms with Gasteiger partial charge in [0.2, 0.25) is 0 Å². The molecule has 0 aliphatic rings.